The van der Waals surface area contributed by atoms with Crippen LogP contribution in [0.25, 0.3) is 0 Å². The lowest BCUT2D eigenvalue weighted by atomic mass is 9.69. The van der Waals surface area contributed by atoms with Crippen molar-refractivity contribution in [3.8, 4) is 0 Å². The molecule has 2 heteroatoms. The molecular weight excluding hydrogens is 192 g/mol. The number of aliphatic hydroxyl groups excluding tert-OH is 1. The molecule has 0 saturated heterocycles. The molecular formula is C12H22OS. The molecule has 3 atom stereocenters. The minimum absolute atomic E-state index is 0.203. The zero-order valence-electron chi connectivity index (χ0n) is 9.49. The van der Waals surface area contributed by atoms with Crippen LogP contribution in [0.1, 0.15) is 46.5 Å². The van der Waals surface area contributed by atoms with Crippen LogP contribution in [-0.4, -0.2) is 10.2 Å². The van der Waals surface area contributed by atoms with Crippen LogP contribution in [0.3, 0.4) is 0 Å². The van der Waals surface area contributed by atoms with Crippen LogP contribution in [0.2, 0.25) is 0 Å². The van der Waals surface area contributed by atoms with Crippen LogP contribution in [0, 0.1) is 23.7 Å². The Morgan fingerprint density at radius 2 is 2.07 bits per heavy atom. The average Bonchev–Trinajstić information content (AvgIpc) is 2.01. The summed E-state index contributed by atoms with van der Waals surface area (Å²) in [6.45, 7) is 6.88. The first-order chi connectivity index (χ1) is 6.50. The molecule has 0 aliphatic heterocycles. The molecule has 82 valence electrons. The predicted octanol–water partition coefficient (Wildman–Crippen LogP) is 3.97. The first-order valence-electron chi connectivity index (χ1n) is 5.72. The Morgan fingerprint density at radius 1 is 1.43 bits per heavy atom. The summed E-state index contributed by atoms with van der Waals surface area (Å²) >= 11 is 4.81. The number of thiocarbonyl (C=S) groups is 1. The molecule has 0 amide bonds. The fourth-order valence-corrected chi connectivity index (χ4v) is 3.07. The summed E-state index contributed by atoms with van der Waals surface area (Å²) < 4.78 is 0. The molecule has 0 radical (unpaired) electrons. The SMILES string of the molecule is CC1CCC(C(C)C)C(CC(O)=S)C1. The quantitative estimate of drug-likeness (QED) is 0.717. The minimum Gasteiger partial charge on any atom is -0.502 e. The van der Waals surface area contributed by atoms with Crippen molar-refractivity contribution in [2.75, 3.05) is 0 Å². The Morgan fingerprint density at radius 3 is 2.57 bits per heavy atom. The minimum atomic E-state index is 0.203. The van der Waals surface area contributed by atoms with Crippen molar-refractivity contribution in [2.45, 2.75) is 46.5 Å². The molecule has 1 aliphatic rings. The zero-order valence-corrected chi connectivity index (χ0v) is 10.3. The lowest BCUT2D eigenvalue weighted by Gasteiger charge is -2.37. The second kappa shape index (κ2) is 5.11. The van der Waals surface area contributed by atoms with Crippen LogP contribution in [0.5, 0.6) is 0 Å². The maximum atomic E-state index is 9.22. The Kier molecular flexibility index (Phi) is 4.36. The van der Waals surface area contributed by atoms with Crippen LogP contribution >= 0.6 is 12.2 Å². The smallest absolute Gasteiger partial charge is 0.156 e. The van der Waals surface area contributed by atoms with Gasteiger partial charge in [0.25, 0.3) is 0 Å². The highest BCUT2D eigenvalue weighted by atomic mass is 32.1. The van der Waals surface area contributed by atoms with E-state index in [4.69, 9.17) is 12.2 Å². The van der Waals surface area contributed by atoms with Crippen molar-refractivity contribution in [3.63, 3.8) is 0 Å². The van der Waals surface area contributed by atoms with E-state index in [2.05, 4.69) is 20.8 Å². The van der Waals surface area contributed by atoms with Gasteiger partial charge in [0, 0.05) is 6.42 Å². The Labute approximate surface area is 92.9 Å². The molecule has 1 N–H and O–H groups in total. The Hall–Kier alpha value is -0.110. The third-order valence-electron chi connectivity index (χ3n) is 3.60. The predicted molar refractivity (Wildman–Crippen MR) is 64.7 cm³/mol. The van der Waals surface area contributed by atoms with E-state index in [0.29, 0.717) is 5.92 Å². The van der Waals surface area contributed by atoms with Gasteiger partial charge in [-0.1, -0.05) is 27.2 Å². The van der Waals surface area contributed by atoms with Crippen LogP contribution < -0.4 is 0 Å². The molecule has 0 aromatic rings. The number of rotatable bonds is 3. The van der Waals surface area contributed by atoms with Crippen molar-refractivity contribution in [3.05, 3.63) is 0 Å². The normalized spacial score (nSPS) is 33.3. The van der Waals surface area contributed by atoms with Crippen molar-refractivity contribution in [1.29, 1.82) is 0 Å². The molecule has 0 bridgehead atoms. The van der Waals surface area contributed by atoms with Crippen LogP contribution in [0.15, 0.2) is 0 Å². The van der Waals surface area contributed by atoms with Gasteiger partial charge in [0.15, 0.2) is 5.05 Å². The summed E-state index contributed by atoms with van der Waals surface area (Å²) in [5.41, 5.74) is 0. The van der Waals surface area contributed by atoms with Crippen LogP contribution in [0.4, 0.5) is 0 Å². The highest BCUT2D eigenvalue weighted by Gasteiger charge is 2.30. The first kappa shape index (κ1) is 12.0. The molecule has 14 heavy (non-hydrogen) atoms. The van der Waals surface area contributed by atoms with Crippen molar-refractivity contribution in [2.24, 2.45) is 23.7 Å². The van der Waals surface area contributed by atoms with Gasteiger partial charge in [-0.2, -0.15) is 0 Å². The van der Waals surface area contributed by atoms with Gasteiger partial charge in [-0.25, -0.2) is 0 Å². The van der Waals surface area contributed by atoms with Crippen LogP contribution in [-0.2, 0) is 0 Å². The maximum Gasteiger partial charge on any atom is 0.156 e. The molecule has 0 aromatic heterocycles. The van der Waals surface area contributed by atoms with Crippen molar-refractivity contribution >= 4 is 17.3 Å². The van der Waals surface area contributed by atoms with Gasteiger partial charge in [0.2, 0.25) is 0 Å². The topological polar surface area (TPSA) is 20.2 Å². The van der Waals surface area contributed by atoms with E-state index in [1.165, 1.54) is 19.3 Å². The van der Waals surface area contributed by atoms with Crippen molar-refractivity contribution in [1.82, 2.24) is 0 Å². The Bertz CT molecular complexity index is 200. The molecule has 1 rings (SSSR count). The van der Waals surface area contributed by atoms with Crippen molar-refractivity contribution < 1.29 is 5.11 Å². The van der Waals surface area contributed by atoms with E-state index in [9.17, 15) is 5.11 Å². The van der Waals surface area contributed by atoms with E-state index < -0.39 is 0 Å². The fourth-order valence-electron chi connectivity index (χ4n) is 2.86. The lowest BCUT2D eigenvalue weighted by Crippen LogP contribution is -2.29. The van der Waals surface area contributed by atoms with E-state index >= 15 is 0 Å². The number of hydrogen-bond acceptors (Lipinski definition) is 1. The summed E-state index contributed by atoms with van der Waals surface area (Å²) in [6.07, 6.45) is 4.63. The maximum absolute atomic E-state index is 9.22. The molecule has 0 spiro atoms. The van der Waals surface area contributed by atoms with E-state index in [1.807, 2.05) is 0 Å². The van der Waals surface area contributed by atoms with Gasteiger partial charge < -0.3 is 5.11 Å². The molecule has 0 aromatic carbocycles. The fraction of sp³-hybridized carbons (Fsp3) is 0.917. The summed E-state index contributed by atoms with van der Waals surface area (Å²) in [5.74, 6) is 2.92. The third-order valence-corrected chi connectivity index (χ3v) is 3.76. The second-order valence-electron chi connectivity index (χ2n) is 5.18. The summed E-state index contributed by atoms with van der Waals surface area (Å²) in [5, 5.41) is 9.43. The largest absolute Gasteiger partial charge is 0.502 e. The standard InChI is InChI=1S/C12H22OS/c1-8(2)11-5-4-9(3)6-10(11)7-12(13)14/h8-11H,4-7H2,1-3H3,(H,13,14). The molecule has 3 unspecified atom stereocenters. The van der Waals surface area contributed by atoms with Gasteiger partial charge in [-0.15, -0.1) is 0 Å². The van der Waals surface area contributed by atoms with E-state index in [1.54, 1.807) is 0 Å². The van der Waals surface area contributed by atoms with E-state index in [-0.39, 0.29) is 5.05 Å². The van der Waals surface area contributed by atoms with Gasteiger partial charge in [-0.05, 0) is 48.7 Å². The molecule has 1 aliphatic carbocycles. The third kappa shape index (κ3) is 3.23. The highest BCUT2D eigenvalue weighted by Crippen LogP contribution is 2.39. The number of aliphatic hydroxyl groups is 1. The molecule has 1 nitrogen and oxygen atoms in total. The molecule has 0 heterocycles. The van der Waals surface area contributed by atoms with Gasteiger partial charge in [0.1, 0.15) is 0 Å². The summed E-state index contributed by atoms with van der Waals surface area (Å²) in [4.78, 5) is 0. The molecule has 1 fully saturated rings. The molecule has 1 saturated carbocycles. The summed E-state index contributed by atoms with van der Waals surface area (Å²) in [7, 11) is 0. The van der Waals surface area contributed by atoms with Gasteiger partial charge >= 0.3 is 0 Å². The first-order valence-corrected chi connectivity index (χ1v) is 6.13. The second-order valence-corrected chi connectivity index (χ2v) is 5.66. The van der Waals surface area contributed by atoms with Gasteiger partial charge in [0.05, 0.1) is 0 Å². The Balaban J connectivity index is 2.58. The highest BCUT2D eigenvalue weighted by molar-refractivity contribution is 7.80. The van der Waals surface area contributed by atoms with E-state index in [0.717, 1.165) is 24.2 Å². The monoisotopic (exact) mass is 214 g/mol. The average molecular weight is 214 g/mol. The van der Waals surface area contributed by atoms with Gasteiger partial charge in [-0.3, -0.25) is 0 Å². The number of hydrogen-bond donors (Lipinski definition) is 1. The lowest BCUT2D eigenvalue weighted by molar-refractivity contribution is 0.146. The zero-order chi connectivity index (χ0) is 10.7. The summed E-state index contributed by atoms with van der Waals surface area (Å²) in [6, 6.07) is 0.